The Morgan fingerprint density at radius 2 is 2.09 bits per heavy atom. The standard InChI is InChI=1S/C14H11F2N3O3/c1-2-21-13(20)11-7-12(22-14(15)16)19(18-11)10-5-3-9(8-17)4-6-10/h3-7,14H,2H2,1H3. The Bertz CT molecular complexity index is 705. The number of hydrogen-bond donors (Lipinski definition) is 0. The Balaban J connectivity index is 2.42. The van der Waals surface area contributed by atoms with E-state index in [1.807, 2.05) is 6.07 Å². The van der Waals surface area contributed by atoms with Crippen LogP contribution >= 0.6 is 0 Å². The van der Waals surface area contributed by atoms with Crippen LogP contribution in [0, 0.1) is 11.3 Å². The van der Waals surface area contributed by atoms with Gasteiger partial charge in [-0.15, -0.1) is 0 Å². The molecule has 0 fully saturated rings. The molecule has 0 saturated carbocycles. The molecule has 0 radical (unpaired) electrons. The molecule has 0 unspecified atom stereocenters. The van der Waals surface area contributed by atoms with Gasteiger partial charge in [-0.25, -0.2) is 9.48 Å². The molecule has 1 aromatic carbocycles. The summed E-state index contributed by atoms with van der Waals surface area (Å²) in [5, 5.41) is 12.7. The summed E-state index contributed by atoms with van der Waals surface area (Å²) in [7, 11) is 0. The van der Waals surface area contributed by atoms with Crippen molar-refractivity contribution in [2.24, 2.45) is 0 Å². The van der Waals surface area contributed by atoms with E-state index in [0.29, 0.717) is 11.3 Å². The number of aromatic nitrogens is 2. The molecule has 0 N–H and O–H groups in total. The highest BCUT2D eigenvalue weighted by atomic mass is 19.3. The molecule has 6 nitrogen and oxygen atoms in total. The van der Waals surface area contributed by atoms with Crippen LogP contribution < -0.4 is 4.74 Å². The average Bonchev–Trinajstić information content (AvgIpc) is 2.91. The van der Waals surface area contributed by atoms with E-state index in [0.717, 1.165) is 10.7 Å². The van der Waals surface area contributed by atoms with Gasteiger partial charge in [0.1, 0.15) is 0 Å². The highest BCUT2D eigenvalue weighted by molar-refractivity contribution is 5.87. The summed E-state index contributed by atoms with van der Waals surface area (Å²) in [6, 6.07) is 8.99. The summed E-state index contributed by atoms with van der Waals surface area (Å²) in [5.41, 5.74) is 0.616. The number of ether oxygens (including phenoxy) is 2. The molecule has 0 atom stereocenters. The highest BCUT2D eigenvalue weighted by Crippen LogP contribution is 2.22. The molecular weight excluding hydrogens is 296 g/mol. The minimum absolute atomic E-state index is 0.133. The molecule has 0 amide bonds. The van der Waals surface area contributed by atoms with E-state index >= 15 is 0 Å². The number of nitriles is 1. The summed E-state index contributed by atoms with van der Waals surface area (Å²) in [5.74, 6) is -1.04. The lowest BCUT2D eigenvalue weighted by molar-refractivity contribution is -0.0544. The van der Waals surface area contributed by atoms with Gasteiger partial charge in [0.05, 0.1) is 23.9 Å². The number of halogens is 2. The first-order chi connectivity index (χ1) is 10.5. The van der Waals surface area contributed by atoms with Crippen molar-refractivity contribution in [2.75, 3.05) is 6.61 Å². The van der Waals surface area contributed by atoms with Crippen LogP contribution in [0.15, 0.2) is 30.3 Å². The Labute approximate surface area is 124 Å². The highest BCUT2D eigenvalue weighted by Gasteiger charge is 2.19. The smallest absolute Gasteiger partial charge is 0.388 e. The molecular formula is C14H11F2N3O3. The van der Waals surface area contributed by atoms with Gasteiger partial charge >= 0.3 is 12.6 Å². The van der Waals surface area contributed by atoms with Gasteiger partial charge in [-0.05, 0) is 31.2 Å². The molecule has 0 aliphatic carbocycles. The molecule has 22 heavy (non-hydrogen) atoms. The second kappa shape index (κ2) is 6.67. The molecule has 0 spiro atoms. The second-order valence-corrected chi connectivity index (χ2v) is 4.04. The van der Waals surface area contributed by atoms with E-state index in [1.54, 1.807) is 6.92 Å². The van der Waals surface area contributed by atoms with Crippen molar-refractivity contribution in [1.82, 2.24) is 9.78 Å². The lowest BCUT2D eigenvalue weighted by Crippen LogP contribution is -2.08. The van der Waals surface area contributed by atoms with E-state index in [4.69, 9.17) is 10.00 Å². The monoisotopic (exact) mass is 307 g/mol. The zero-order valence-electron chi connectivity index (χ0n) is 11.5. The number of benzene rings is 1. The first-order valence-electron chi connectivity index (χ1n) is 6.27. The largest absolute Gasteiger partial charge is 0.461 e. The molecule has 0 bridgehead atoms. The maximum atomic E-state index is 12.5. The minimum Gasteiger partial charge on any atom is -0.461 e. The number of carbonyl (C=O) groups excluding carboxylic acids is 1. The number of carbonyl (C=O) groups is 1. The Hall–Kier alpha value is -2.95. The summed E-state index contributed by atoms with van der Waals surface area (Å²) < 4.78 is 35.1. The molecule has 0 aliphatic heterocycles. The summed E-state index contributed by atoms with van der Waals surface area (Å²) in [4.78, 5) is 11.6. The molecule has 114 valence electrons. The minimum atomic E-state index is -3.07. The fraction of sp³-hybridized carbons (Fsp3) is 0.214. The van der Waals surface area contributed by atoms with Crippen molar-refractivity contribution < 1.29 is 23.0 Å². The Morgan fingerprint density at radius 3 is 2.64 bits per heavy atom. The topological polar surface area (TPSA) is 77.1 Å². The fourth-order valence-corrected chi connectivity index (χ4v) is 1.71. The van der Waals surface area contributed by atoms with Gasteiger partial charge in [-0.1, -0.05) is 0 Å². The van der Waals surface area contributed by atoms with Crippen molar-refractivity contribution in [2.45, 2.75) is 13.5 Å². The van der Waals surface area contributed by atoms with Crippen LogP contribution in [0.25, 0.3) is 5.69 Å². The summed E-state index contributed by atoms with van der Waals surface area (Å²) in [6.07, 6.45) is 0. The van der Waals surface area contributed by atoms with Crippen LogP contribution in [0.3, 0.4) is 0 Å². The van der Waals surface area contributed by atoms with Gasteiger partial charge < -0.3 is 9.47 Å². The van der Waals surface area contributed by atoms with Gasteiger partial charge in [-0.3, -0.25) is 0 Å². The maximum Gasteiger partial charge on any atom is 0.388 e. The van der Waals surface area contributed by atoms with E-state index in [-0.39, 0.29) is 18.2 Å². The molecule has 8 heteroatoms. The zero-order valence-corrected chi connectivity index (χ0v) is 11.5. The van der Waals surface area contributed by atoms with E-state index in [2.05, 4.69) is 9.84 Å². The van der Waals surface area contributed by atoms with Crippen molar-refractivity contribution in [3.63, 3.8) is 0 Å². The van der Waals surface area contributed by atoms with Gasteiger partial charge in [-0.2, -0.15) is 19.1 Å². The first-order valence-corrected chi connectivity index (χ1v) is 6.27. The van der Waals surface area contributed by atoms with Crippen LogP contribution in [0.1, 0.15) is 23.0 Å². The first kappa shape index (κ1) is 15.4. The van der Waals surface area contributed by atoms with Crippen LogP contribution in [-0.4, -0.2) is 29.0 Å². The number of hydrogen-bond acceptors (Lipinski definition) is 5. The number of rotatable bonds is 5. The maximum absolute atomic E-state index is 12.5. The second-order valence-electron chi connectivity index (χ2n) is 4.04. The lowest BCUT2D eigenvalue weighted by Gasteiger charge is -2.07. The van der Waals surface area contributed by atoms with Gasteiger partial charge in [0, 0.05) is 6.07 Å². The van der Waals surface area contributed by atoms with Crippen LogP contribution in [0.2, 0.25) is 0 Å². The molecule has 1 heterocycles. The number of alkyl halides is 2. The van der Waals surface area contributed by atoms with Crippen LogP contribution in [-0.2, 0) is 4.74 Å². The quantitative estimate of drug-likeness (QED) is 0.793. The molecule has 2 aromatic rings. The Morgan fingerprint density at radius 1 is 1.41 bits per heavy atom. The molecule has 0 saturated heterocycles. The Kier molecular flexibility index (Phi) is 4.68. The zero-order chi connectivity index (χ0) is 16.1. The normalized spacial score (nSPS) is 10.3. The van der Waals surface area contributed by atoms with Gasteiger partial charge in [0.15, 0.2) is 5.69 Å². The summed E-state index contributed by atoms with van der Waals surface area (Å²) >= 11 is 0. The van der Waals surface area contributed by atoms with Crippen molar-refractivity contribution in [1.29, 1.82) is 5.26 Å². The van der Waals surface area contributed by atoms with Crippen molar-refractivity contribution >= 4 is 5.97 Å². The van der Waals surface area contributed by atoms with E-state index in [1.165, 1.54) is 24.3 Å². The third kappa shape index (κ3) is 3.38. The fourth-order valence-electron chi connectivity index (χ4n) is 1.71. The van der Waals surface area contributed by atoms with Gasteiger partial charge in [0.2, 0.25) is 5.88 Å². The molecule has 0 aliphatic rings. The van der Waals surface area contributed by atoms with E-state index in [9.17, 15) is 13.6 Å². The number of esters is 1. The van der Waals surface area contributed by atoms with Crippen molar-refractivity contribution in [3.05, 3.63) is 41.6 Å². The van der Waals surface area contributed by atoms with E-state index < -0.39 is 12.6 Å². The third-order valence-corrected chi connectivity index (χ3v) is 2.61. The third-order valence-electron chi connectivity index (χ3n) is 2.61. The number of nitrogens with zero attached hydrogens (tertiary/aromatic N) is 3. The van der Waals surface area contributed by atoms with Crippen molar-refractivity contribution in [3.8, 4) is 17.6 Å². The van der Waals surface area contributed by atoms with Gasteiger partial charge in [0.25, 0.3) is 0 Å². The SMILES string of the molecule is CCOC(=O)c1cc(OC(F)F)n(-c2ccc(C#N)cc2)n1. The van der Waals surface area contributed by atoms with Crippen LogP contribution in [0.5, 0.6) is 5.88 Å². The lowest BCUT2D eigenvalue weighted by atomic mass is 10.2. The predicted molar refractivity (Wildman–Crippen MR) is 70.9 cm³/mol. The predicted octanol–water partition coefficient (Wildman–Crippen LogP) is 2.52. The molecule has 2 rings (SSSR count). The van der Waals surface area contributed by atoms with Crippen LogP contribution in [0.4, 0.5) is 8.78 Å². The molecule has 1 aromatic heterocycles. The average molecular weight is 307 g/mol. The summed E-state index contributed by atoms with van der Waals surface area (Å²) in [6.45, 7) is -1.32.